The monoisotopic (exact) mass is 239 g/mol. The molecule has 4 nitrogen and oxygen atoms in total. The number of nitrogens with one attached hydrogen (secondary N) is 1. The minimum atomic E-state index is -0.333. The predicted octanol–water partition coefficient (Wildman–Crippen LogP) is 1.39. The zero-order valence-electron chi connectivity index (χ0n) is 10.9. The van der Waals surface area contributed by atoms with Crippen LogP contribution in [0, 0.1) is 20.8 Å². The van der Waals surface area contributed by atoms with Gasteiger partial charge in [0.1, 0.15) is 5.75 Å². The number of rotatable bonds is 5. The summed E-state index contributed by atoms with van der Waals surface area (Å²) in [6.07, 6.45) is 0. The summed E-state index contributed by atoms with van der Waals surface area (Å²) in [6.45, 7) is 5.77. The molecule has 0 aliphatic heterocycles. The van der Waals surface area contributed by atoms with Crippen LogP contribution in [0.3, 0.4) is 0 Å². The van der Waals surface area contributed by atoms with Gasteiger partial charge in [0.2, 0.25) is 0 Å². The number of aryl methyl sites for hydroxylation is 1. The van der Waals surface area contributed by atoms with E-state index in [2.05, 4.69) is 5.32 Å². The Morgan fingerprint density at radius 1 is 1.18 bits per heavy atom. The quantitative estimate of drug-likeness (QED) is 0.726. The Balaban J connectivity index is 3.10. The molecular weight excluding hydrogens is 218 g/mol. The van der Waals surface area contributed by atoms with Crippen molar-refractivity contribution in [2.45, 2.75) is 26.8 Å². The molecule has 96 valence electrons. The molecule has 4 heteroatoms. The van der Waals surface area contributed by atoms with Gasteiger partial charge in [0, 0.05) is 5.69 Å². The van der Waals surface area contributed by atoms with E-state index in [9.17, 15) is 0 Å². The van der Waals surface area contributed by atoms with Crippen LogP contribution in [0.25, 0.3) is 0 Å². The van der Waals surface area contributed by atoms with Crippen LogP contribution in [0.5, 0.6) is 5.75 Å². The first-order chi connectivity index (χ1) is 8.04. The topological polar surface area (TPSA) is 61.7 Å². The Labute approximate surface area is 102 Å². The van der Waals surface area contributed by atoms with Gasteiger partial charge in [-0.2, -0.15) is 0 Å². The third kappa shape index (κ3) is 2.90. The van der Waals surface area contributed by atoms with Gasteiger partial charge in [-0.3, -0.25) is 0 Å². The second-order valence-corrected chi connectivity index (χ2v) is 4.23. The summed E-state index contributed by atoms with van der Waals surface area (Å²) in [7, 11) is 1.66. The van der Waals surface area contributed by atoms with E-state index >= 15 is 0 Å². The minimum absolute atomic E-state index is 0.0972. The molecule has 0 atom stereocenters. The number of hydrogen-bond acceptors (Lipinski definition) is 4. The Hall–Kier alpha value is -1.26. The van der Waals surface area contributed by atoms with E-state index in [1.807, 2.05) is 26.8 Å². The number of anilines is 1. The first-order valence-corrected chi connectivity index (χ1v) is 5.68. The second-order valence-electron chi connectivity index (χ2n) is 4.23. The molecule has 1 rings (SSSR count). The zero-order valence-corrected chi connectivity index (χ0v) is 10.9. The minimum Gasteiger partial charge on any atom is -0.496 e. The normalized spacial score (nSPS) is 10.8. The maximum atomic E-state index is 9.07. The summed E-state index contributed by atoms with van der Waals surface area (Å²) in [4.78, 5) is 0. The molecule has 0 heterocycles. The van der Waals surface area contributed by atoms with Crippen molar-refractivity contribution in [1.82, 2.24) is 0 Å². The molecule has 0 spiro atoms. The molecular formula is C13H21NO3. The van der Waals surface area contributed by atoms with Crippen LogP contribution in [0.2, 0.25) is 0 Å². The van der Waals surface area contributed by atoms with Crippen LogP contribution in [-0.4, -0.2) is 36.6 Å². The molecule has 1 aromatic rings. The molecule has 0 amide bonds. The predicted molar refractivity (Wildman–Crippen MR) is 68.8 cm³/mol. The molecule has 0 saturated carbocycles. The van der Waals surface area contributed by atoms with Gasteiger partial charge >= 0.3 is 0 Å². The van der Waals surface area contributed by atoms with Gasteiger partial charge in [-0.1, -0.05) is 0 Å². The van der Waals surface area contributed by atoms with Crippen molar-refractivity contribution >= 4 is 5.69 Å². The van der Waals surface area contributed by atoms with Gasteiger partial charge in [0.25, 0.3) is 0 Å². The highest BCUT2D eigenvalue weighted by molar-refractivity contribution is 5.61. The lowest BCUT2D eigenvalue weighted by molar-refractivity contribution is 0.204. The fourth-order valence-corrected chi connectivity index (χ4v) is 1.89. The van der Waals surface area contributed by atoms with Crippen LogP contribution in [0.15, 0.2) is 6.07 Å². The van der Waals surface area contributed by atoms with Crippen LogP contribution in [0.4, 0.5) is 5.69 Å². The number of ether oxygens (including phenoxy) is 1. The van der Waals surface area contributed by atoms with E-state index in [0.29, 0.717) is 0 Å². The lowest BCUT2D eigenvalue weighted by Gasteiger charge is -2.20. The molecule has 0 aromatic heterocycles. The van der Waals surface area contributed by atoms with E-state index in [1.54, 1.807) is 7.11 Å². The van der Waals surface area contributed by atoms with Crippen LogP contribution < -0.4 is 10.1 Å². The number of hydrogen-bond donors (Lipinski definition) is 3. The molecule has 0 unspecified atom stereocenters. The van der Waals surface area contributed by atoms with E-state index in [1.165, 1.54) is 0 Å². The number of benzene rings is 1. The largest absolute Gasteiger partial charge is 0.496 e. The van der Waals surface area contributed by atoms with Gasteiger partial charge in [-0.15, -0.1) is 0 Å². The highest BCUT2D eigenvalue weighted by atomic mass is 16.5. The average Bonchev–Trinajstić information content (AvgIpc) is 2.32. The zero-order chi connectivity index (χ0) is 13.0. The van der Waals surface area contributed by atoms with Crippen molar-refractivity contribution in [3.05, 3.63) is 22.8 Å². The van der Waals surface area contributed by atoms with Crippen LogP contribution in [0.1, 0.15) is 16.7 Å². The van der Waals surface area contributed by atoms with Crippen molar-refractivity contribution in [3.63, 3.8) is 0 Å². The fraction of sp³-hybridized carbons (Fsp3) is 0.538. The molecule has 0 aliphatic rings. The summed E-state index contributed by atoms with van der Waals surface area (Å²) in [5.74, 6) is 0.887. The van der Waals surface area contributed by atoms with E-state index in [-0.39, 0.29) is 19.3 Å². The molecule has 0 bridgehead atoms. The molecule has 0 aliphatic carbocycles. The second kappa shape index (κ2) is 5.89. The summed E-state index contributed by atoms with van der Waals surface area (Å²) >= 11 is 0. The Bertz CT molecular complexity index is 387. The maximum Gasteiger partial charge on any atom is 0.125 e. The van der Waals surface area contributed by atoms with Crippen molar-refractivity contribution in [3.8, 4) is 5.75 Å². The first kappa shape index (κ1) is 13.8. The van der Waals surface area contributed by atoms with E-state index in [0.717, 1.165) is 28.1 Å². The van der Waals surface area contributed by atoms with Gasteiger partial charge in [-0.05, 0) is 43.5 Å². The summed E-state index contributed by atoms with van der Waals surface area (Å²) in [6, 6.07) is 1.64. The molecule has 0 radical (unpaired) electrons. The van der Waals surface area contributed by atoms with Gasteiger partial charge in [0.05, 0.1) is 26.4 Å². The standard InChI is InChI=1S/C13H21NO3/c1-8-5-12(14-11(6-15)7-16)9(2)10(3)13(8)17-4/h5,11,14-16H,6-7H2,1-4H3. The lowest BCUT2D eigenvalue weighted by Crippen LogP contribution is -2.28. The third-order valence-electron chi connectivity index (χ3n) is 3.03. The Morgan fingerprint density at radius 3 is 2.24 bits per heavy atom. The van der Waals surface area contributed by atoms with Gasteiger partial charge < -0.3 is 20.3 Å². The smallest absolute Gasteiger partial charge is 0.125 e. The molecule has 0 saturated heterocycles. The average molecular weight is 239 g/mol. The van der Waals surface area contributed by atoms with Crippen molar-refractivity contribution in [2.75, 3.05) is 25.6 Å². The number of methoxy groups -OCH3 is 1. The summed E-state index contributed by atoms with van der Waals surface area (Å²) in [5.41, 5.74) is 4.10. The lowest BCUT2D eigenvalue weighted by atomic mass is 10.0. The maximum absolute atomic E-state index is 9.07. The van der Waals surface area contributed by atoms with E-state index < -0.39 is 0 Å². The third-order valence-corrected chi connectivity index (χ3v) is 3.03. The Morgan fingerprint density at radius 2 is 1.76 bits per heavy atom. The number of aliphatic hydroxyl groups is 2. The molecule has 1 aromatic carbocycles. The molecule has 17 heavy (non-hydrogen) atoms. The number of aliphatic hydroxyl groups excluding tert-OH is 2. The SMILES string of the molecule is COc1c(C)cc(NC(CO)CO)c(C)c1C. The Kier molecular flexibility index (Phi) is 4.78. The molecule has 0 fully saturated rings. The first-order valence-electron chi connectivity index (χ1n) is 5.68. The van der Waals surface area contributed by atoms with Crippen LogP contribution in [-0.2, 0) is 0 Å². The van der Waals surface area contributed by atoms with Crippen molar-refractivity contribution in [2.24, 2.45) is 0 Å². The van der Waals surface area contributed by atoms with Gasteiger partial charge in [-0.25, -0.2) is 0 Å². The molecule has 3 N–H and O–H groups in total. The van der Waals surface area contributed by atoms with Crippen molar-refractivity contribution in [1.29, 1.82) is 0 Å². The van der Waals surface area contributed by atoms with Gasteiger partial charge in [0.15, 0.2) is 0 Å². The highest BCUT2D eigenvalue weighted by Crippen LogP contribution is 2.31. The highest BCUT2D eigenvalue weighted by Gasteiger charge is 2.13. The van der Waals surface area contributed by atoms with Crippen molar-refractivity contribution < 1.29 is 14.9 Å². The van der Waals surface area contributed by atoms with E-state index in [4.69, 9.17) is 14.9 Å². The fourth-order valence-electron chi connectivity index (χ4n) is 1.89. The summed E-state index contributed by atoms with van der Waals surface area (Å²) < 4.78 is 5.34. The summed E-state index contributed by atoms with van der Waals surface area (Å²) in [5, 5.41) is 21.3. The van der Waals surface area contributed by atoms with Crippen LogP contribution >= 0.6 is 0 Å².